The second-order valence-electron chi connectivity index (χ2n) is 8.15. The van der Waals surface area contributed by atoms with Gasteiger partial charge >= 0.3 is 5.97 Å². The Balaban J connectivity index is 2.03. The van der Waals surface area contributed by atoms with Crippen molar-refractivity contribution in [2.75, 3.05) is 6.61 Å². The number of nitrogens with zero attached hydrogens (tertiary/aromatic N) is 2. The summed E-state index contributed by atoms with van der Waals surface area (Å²) >= 11 is 6.00. The number of piperidine rings is 1. The minimum absolute atomic E-state index is 0.00207. The lowest BCUT2D eigenvalue weighted by Crippen LogP contribution is -2.50. The number of amides is 2. The second kappa shape index (κ2) is 10.6. The van der Waals surface area contributed by atoms with E-state index in [1.54, 1.807) is 18.7 Å². The molecule has 0 bridgehead atoms. The van der Waals surface area contributed by atoms with Crippen LogP contribution in [-0.2, 0) is 14.3 Å². The molecule has 0 saturated carbocycles. The van der Waals surface area contributed by atoms with Gasteiger partial charge in [0.25, 0.3) is 17.5 Å². The first kappa shape index (κ1) is 24.6. The molecule has 0 radical (unpaired) electrons. The highest BCUT2D eigenvalue weighted by atomic mass is 35.5. The van der Waals surface area contributed by atoms with Crippen LogP contribution in [0.5, 0.6) is 0 Å². The number of non-ortho nitro benzene ring substituents is 1. The van der Waals surface area contributed by atoms with E-state index in [0.717, 1.165) is 31.4 Å². The molecule has 3 atom stereocenters. The van der Waals surface area contributed by atoms with E-state index < -0.39 is 29.4 Å². The number of halogens is 1. The molecule has 0 aromatic heterocycles. The Morgan fingerprint density at radius 1 is 1.26 bits per heavy atom. The van der Waals surface area contributed by atoms with E-state index in [4.69, 9.17) is 16.3 Å². The summed E-state index contributed by atoms with van der Waals surface area (Å²) in [5, 5.41) is 13.3. The molecule has 1 aliphatic rings. The van der Waals surface area contributed by atoms with Crippen molar-refractivity contribution < 1.29 is 24.0 Å². The van der Waals surface area contributed by atoms with Gasteiger partial charge in [-0.2, -0.15) is 0 Å². The maximum absolute atomic E-state index is 12.6. The van der Waals surface area contributed by atoms with Crippen molar-refractivity contribution in [2.45, 2.75) is 65.1 Å². The lowest BCUT2D eigenvalue weighted by molar-refractivity contribution is -0.384. The van der Waals surface area contributed by atoms with Crippen LogP contribution in [0.3, 0.4) is 0 Å². The largest absolute Gasteiger partial charge is 0.454 e. The van der Waals surface area contributed by atoms with Crippen LogP contribution >= 0.6 is 11.6 Å². The number of nitro benzene ring substituents is 1. The van der Waals surface area contributed by atoms with Gasteiger partial charge in [0.2, 0.25) is 0 Å². The SMILES string of the molecule is CC(C)C(NC(=O)c1ccc([N+](=O)[O-])cc1Cl)C(=O)OCC(=O)N1C(C)CCCC1C. The Morgan fingerprint density at radius 2 is 1.87 bits per heavy atom. The van der Waals surface area contributed by atoms with Gasteiger partial charge in [-0.15, -0.1) is 0 Å². The molecular weight excluding hydrogens is 426 g/mol. The fourth-order valence-electron chi connectivity index (χ4n) is 3.73. The average Bonchev–Trinajstić information content (AvgIpc) is 2.69. The van der Waals surface area contributed by atoms with Crippen LogP contribution in [0.25, 0.3) is 0 Å². The third-order valence-corrected chi connectivity index (χ3v) is 5.75. The third-order valence-electron chi connectivity index (χ3n) is 5.43. The van der Waals surface area contributed by atoms with Gasteiger partial charge in [-0.25, -0.2) is 4.79 Å². The number of nitro groups is 1. The highest BCUT2D eigenvalue weighted by Crippen LogP contribution is 2.24. The van der Waals surface area contributed by atoms with Gasteiger partial charge in [-0.3, -0.25) is 19.7 Å². The summed E-state index contributed by atoms with van der Waals surface area (Å²) in [5.41, 5.74) is -0.251. The second-order valence-corrected chi connectivity index (χ2v) is 8.56. The summed E-state index contributed by atoms with van der Waals surface area (Å²) in [6, 6.07) is 2.60. The lowest BCUT2D eigenvalue weighted by atomic mass is 9.97. The predicted octanol–water partition coefficient (Wildman–Crippen LogP) is 3.34. The molecule has 1 fully saturated rings. The summed E-state index contributed by atoms with van der Waals surface area (Å²) in [6.45, 7) is 6.99. The number of ether oxygens (including phenoxy) is 1. The summed E-state index contributed by atoms with van der Waals surface area (Å²) in [4.78, 5) is 49.7. The summed E-state index contributed by atoms with van der Waals surface area (Å²) in [7, 11) is 0. The van der Waals surface area contributed by atoms with Crippen LogP contribution in [0.15, 0.2) is 18.2 Å². The number of carbonyl (C=O) groups excluding carboxylic acids is 3. The van der Waals surface area contributed by atoms with Crippen LogP contribution in [0, 0.1) is 16.0 Å². The first-order valence-electron chi connectivity index (χ1n) is 10.3. The molecule has 9 nitrogen and oxygen atoms in total. The third kappa shape index (κ3) is 6.16. The maximum atomic E-state index is 12.6. The molecule has 1 saturated heterocycles. The molecule has 2 rings (SSSR count). The molecule has 31 heavy (non-hydrogen) atoms. The van der Waals surface area contributed by atoms with Gasteiger partial charge < -0.3 is 15.0 Å². The van der Waals surface area contributed by atoms with E-state index in [-0.39, 0.29) is 40.2 Å². The van der Waals surface area contributed by atoms with E-state index in [1.807, 2.05) is 13.8 Å². The van der Waals surface area contributed by atoms with E-state index in [2.05, 4.69) is 5.32 Å². The van der Waals surface area contributed by atoms with Crippen molar-refractivity contribution in [1.82, 2.24) is 10.2 Å². The standard InChI is InChI=1S/C21H28ClN3O6/c1-12(2)19(23-20(27)16-9-8-15(25(29)30)10-17(16)22)21(28)31-11-18(26)24-13(3)6-5-7-14(24)4/h8-10,12-14,19H,5-7,11H2,1-4H3,(H,23,27). The Kier molecular flexibility index (Phi) is 8.38. The molecule has 1 aromatic rings. The van der Waals surface area contributed by atoms with E-state index in [1.165, 1.54) is 6.07 Å². The monoisotopic (exact) mass is 453 g/mol. The lowest BCUT2D eigenvalue weighted by Gasteiger charge is -2.39. The van der Waals surface area contributed by atoms with Gasteiger partial charge in [-0.1, -0.05) is 25.4 Å². The van der Waals surface area contributed by atoms with Crippen molar-refractivity contribution in [1.29, 1.82) is 0 Å². The molecule has 3 unspecified atom stereocenters. The summed E-state index contributed by atoms with van der Waals surface area (Å²) < 4.78 is 5.23. The van der Waals surface area contributed by atoms with Crippen molar-refractivity contribution in [3.8, 4) is 0 Å². The van der Waals surface area contributed by atoms with Crippen LogP contribution in [0.4, 0.5) is 5.69 Å². The topological polar surface area (TPSA) is 119 Å². The number of esters is 1. The van der Waals surface area contributed by atoms with Crippen molar-refractivity contribution in [2.24, 2.45) is 5.92 Å². The molecule has 0 spiro atoms. The molecule has 170 valence electrons. The normalized spacial score (nSPS) is 19.6. The molecule has 1 heterocycles. The zero-order valence-electron chi connectivity index (χ0n) is 18.1. The van der Waals surface area contributed by atoms with Crippen LogP contribution in [-0.4, -0.2) is 52.3 Å². The number of hydrogen-bond donors (Lipinski definition) is 1. The fourth-order valence-corrected chi connectivity index (χ4v) is 3.99. The number of carbonyl (C=O) groups is 3. The number of rotatable bonds is 7. The molecular formula is C21H28ClN3O6. The van der Waals surface area contributed by atoms with E-state index in [0.29, 0.717) is 0 Å². The van der Waals surface area contributed by atoms with Crippen LogP contribution in [0.2, 0.25) is 5.02 Å². The Morgan fingerprint density at radius 3 is 2.39 bits per heavy atom. The molecule has 0 aliphatic carbocycles. The van der Waals surface area contributed by atoms with Gasteiger partial charge in [0.15, 0.2) is 6.61 Å². The molecule has 1 N–H and O–H groups in total. The van der Waals surface area contributed by atoms with E-state index in [9.17, 15) is 24.5 Å². The zero-order chi connectivity index (χ0) is 23.3. The molecule has 10 heteroatoms. The Labute approximate surface area is 186 Å². The molecule has 1 aliphatic heterocycles. The molecule has 2 amide bonds. The Bertz CT molecular complexity index is 850. The smallest absolute Gasteiger partial charge is 0.329 e. The van der Waals surface area contributed by atoms with E-state index >= 15 is 0 Å². The number of benzene rings is 1. The van der Waals surface area contributed by atoms with Crippen LogP contribution in [0.1, 0.15) is 57.3 Å². The minimum Gasteiger partial charge on any atom is -0.454 e. The first-order valence-corrected chi connectivity index (χ1v) is 10.6. The van der Waals surface area contributed by atoms with Crippen molar-refractivity contribution in [3.05, 3.63) is 38.9 Å². The number of likely N-dealkylation sites (tertiary alicyclic amines) is 1. The van der Waals surface area contributed by atoms with Gasteiger partial charge in [0.1, 0.15) is 6.04 Å². The Hall–Kier alpha value is -2.68. The van der Waals surface area contributed by atoms with Gasteiger partial charge in [0.05, 0.1) is 15.5 Å². The van der Waals surface area contributed by atoms with Crippen LogP contribution < -0.4 is 5.32 Å². The van der Waals surface area contributed by atoms with Gasteiger partial charge in [-0.05, 0) is 45.1 Å². The maximum Gasteiger partial charge on any atom is 0.329 e. The number of nitrogens with one attached hydrogen (secondary N) is 1. The minimum atomic E-state index is -1.01. The highest BCUT2D eigenvalue weighted by molar-refractivity contribution is 6.34. The first-order chi connectivity index (χ1) is 14.5. The average molecular weight is 454 g/mol. The summed E-state index contributed by atoms with van der Waals surface area (Å²) in [6.07, 6.45) is 2.87. The molecule has 1 aromatic carbocycles. The summed E-state index contributed by atoms with van der Waals surface area (Å²) in [5.74, 6) is -1.98. The predicted molar refractivity (Wildman–Crippen MR) is 115 cm³/mol. The van der Waals surface area contributed by atoms with Crippen molar-refractivity contribution >= 4 is 35.1 Å². The quantitative estimate of drug-likeness (QED) is 0.384. The van der Waals surface area contributed by atoms with Crippen molar-refractivity contribution in [3.63, 3.8) is 0 Å². The number of hydrogen-bond acceptors (Lipinski definition) is 6. The fraction of sp³-hybridized carbons (Fsp3) is 0.571. The van der Waals surface area contributed by atoms with Gasteiger partial charge in [0, 0.05) is 24.2 Å². The highest BCUT2D eigenvalue weighted by Gasteiger charge is 2.32. The zero-order valence-corrected chi connectivity index (χ0v) is 18.8.